The van der Waals surface area contributed by atoms with Crippen LogP contribution in [0, 0.1) is 12.3 Å². The minimum absolute atomic E-state index is 0.0427. The van der Waals surface area contributed by atoms with Gasteiger partial charge < -0.3 is 10.5 Å². The third kappa shape index (κ3) is 3.58. The number of nitrogens with two attached hydrogens (primary N) is 1. The van der Waals surface area contributed by atoms with Gasteiger partial charge in [-0.1, -0.05) is 22.0 Å². The van der Waals surface area contributed by atoms with Crippen molar-refractivity contribution in [3.63, 3.8) is 0 Å². The average molecular weight is 268 g/mol. The molecule has 1 rings (SSSR count). The van der Waals surface area contributed by atoms with Gasteiger partial charge in [0.15, 0.2) is 0 Å². The van der Waals surface area contributed by atoms with Crippen molar-refractivity contribution in [3.05, 3.63) is 28.2 Å². The molecule has 3 heteroatoms. The van der Waals surface area contributed by atoms with Gasteiger partial charge in [0.05, 0.1) is 6.61 Å². The van der Waals surface area contributed by atoms with Crippen LogP contribution in [-0.2, 0) is 0 Å². The average Bonchev–Trinajstić information content (AvgIpc) is 2.18. The van der Waals surface area contributed by atoms with Gasteiger partial charge in [-0.2, -0.15) is 0 Å². The highest BCUT2D eigenvalue weighted by Crippen LogP contribution is 2.27. The van der Waals surface area contributed by atoms with Crippen molar-refractivity contribution in [2.75, 3.05) is 6.61 Å². The van der Waals surface area contributed by atoms with Crippen molar-refractivity contribution in [1.82, 2.24) is 0 Å². The molecule has 0 saturated heterocycles. The van der Waals surface area contributed by atoms with Crippen LogP contribution in [-0.4, -0.2) is 6.61 Å². The first kappa shape index (κ1) is 12.1. The molecule has 0 saturated carbocycles. The summed E-state index contributed by atoms with van der Waals surface area (Å²) in [6.45, 7) is 2.45. The lowest BCUT2D eigenvalue weighted by atomic mass is 10.1. The van der Waals surface area contributed by atoms with E-state index in [9.17, 15) is 0 Å². The summed E-state index contributed by atoms with van der Waals surface area (Å²) in [4.78, 5) is 0. The van der Waals surface area contributed by atoms with Crippen LogP contribution in [0.15, 0.2) is 22.7 Å². The summed E-state index contributed by atoms with van der Waals surface area (Å²) >= 11 is 3.39. The van der Waals surface area contributed by atoms with E-state index in [-0.39, 0.29) is 6.04 Å². The highest BCUT2D eigenvalue weighted by Gasteiger charge is 2.08. The third-order valence-electron chi connectivity index (χ3n) is 1.97. The van der Waals surface area contributed by atoms with E-state index in [1.165, 1.54) is 0 Å². The third-order valence-corrected chi connectivity index (χ3v) is 2.46. The Morgan fingerprint density at radius 3 is 2.93 bits per heavy atom. The predicted molar refractivity (Wildman–Crippen MR) is 65.7 cm³/mol. The minimum atomic E-state index is -0.0427. The lowest BCUT2D eigenvalue weighted by Crippen LogP contribution is -2.08. The molecule has 0 aliphatic carbocycles. The summed E-state index contributed by atoms with van der Waals surface area (Å²) in [5.41, 5.74) is 6.83. The second kappa shape index (κ2) is 5.79. The predicted octanol–water partition coefficient (Wildman–Crippen LogP) is 2.87. The summed E-state index contributed by atoms with van der Waals surface area (Å²) < 4.78 is 6.54. The fourth-order valence-electron chi connectivity index (χ4n) is 1.23. The van der Waals surface area contributed by atoms with E-state index in [2.05, 4.69) is 21.9 Å². The van der Waals surface area contributed by atoms with E-state index in [1.54, 1.807) is 0 Å². The van der Waals surface area contributed by atoms with Crippen molar-refractivity contribution in [2.24, 2.45) is 5.73 Å². The smallest absolute Gasteiger partial charge is 0.125 e. The molecule has 0 spiro atoms. The fraction of sp³-hybridized carbons (Fsp3) is 0.333. The Hall–Kier alpha value is -0.980. The zero-order valence-electron chi connectivity index (χ0n) is 8.66. The summed E-state index contributed by atoms with van der Waals surface area (Å²) in [6, 6.07) is 5.78. The van der Waals surface area contributed by atoms with Gasteiger partial charge >= 0.3 is 0 Å². The van der Waals surface area contributed by atoms with Crippen molar-refractivity contribution in [1.29, 1.82) is 0 Å². The Morgan fingerprint density at radius 2 is 2.33 bits per heavy atom. The molecule has 1 aromatic carbocycles. The van der Waals surface area contributed by atoms with Crippen molar-refractivity contribution in [3.8, 4) is 18.1 Å². The number of ether oxygens (including phenoxy) is 1. The molecule has 0 aromatic heterocycles. The molecule has 0 radical (unpaired) electrons. The number of benzene rings is 1. The molecule has 2 nitrogen and oxygen atoms in total. The summed E-state index contributed by atoms with van der Waals surface area (Å²) in [6.07, 6.45) is 5.76. The largest absolute Gasteiger partial charge is 0.492 e. The first-order valence-corrected chi connectivity index (χ1v) is 5.55. The van der Waals surface area contributed by atoms with Gasteiger partial charge in [-0.05, 0) is 19.1 Å². The van der Waals surface area contributed by atoms with Crippen molar-refractivity contribution >= 4 is 15.9 Å². The normalized spacial score (nSPS) is 11.9. The topological polar surface area (TPSA) is 35.2 Å². The maximum Gasteiger partial charge on any atom is 0.125 e. The number of rotatable bonds is 4. The molecular weight excluding hydrogens is 254 g/mol. The van der Waals surface area contributed by atoms with Gasteiger partial charge in [0, 0.05) is 22.5 Å². The lowest BCUT2D eigenvalue weighted by Gasteiger charge is -2.13. The standard InChI is InChI=1S/C12H14BrNO/c1-3-4-7-15-12-8-10(13)5-6-11(12)9(2)14/h1,5-6,8-9H,4,7,14H2,2H3. The molecule has 80 valence electrons. The molecule has 2 N–H and O–H groups in total. The molecule has 1 aromatic rings. The van der Waals surface area contributed by atoms with Gasteiger partial charge in [-0.15, -0.1) is 12.3 Å². The van der Waals surface area contributed by atoms with Gasteiger partial charge in [-0.3, -0.25) is 0 Å². The first-order valence-electron chi connectivity index (χ1n) is 4.76. The highest BCUT2D eigenvalue weighted by atomic mass is 79.9. The van der Waals surface area contributed by atoms with Gasteiger partial charge in [0.1, 0.15) is 5.75 Å². The molecule has 0 aliphatic heterocycles. The Labute approximate surface area is 98.9 Å². The van der Waals surface area contributed by atoms with Crippen LogP contribution in [0.5, 0.6) is 5.75 Å². The maximum atomic E-state index is 5.83. The van der Waals surface area contributed by atoms with Crippen LogP contribution < -0.4 is 10.5 Å². The lowest BCUT2D eigenvalue weighted by molar-refractivity contribution is 0.322. The molecule has 1 unspecified atom stereocenters. The quantitative estimate of drug-likeness (QED) is 0.673. The van der Waals surface area contributed by atoms with E-state index < -0.39 is 0 Å². The SMILES string of the molecule is C#CCCOc1cc(Br)ccc1C(C)N. The summed E-state index contributed by atoms with van der Waals surface area (Å²) in [5, 5.41) is 0. The molecular formula is C12H14BrNO. The van der Waals surface area contributed by atoms with E-state index >= 15 is 0 Å². The number of hydrogen-bond donors (Lipinski definition) is 1. The van der Waals surface area contributed by atoms with Gasteiger partial charge in [0.25, 0.3) is 0 Å². The highest BCUT2D eigenvalue weighted by molar-refractivity contribution is 9.10. The number of hydrogen-bond acceptors (Lipinski definition) is 2. The minimum Gasteiger partial charge on any atom is -0.492 e. The summed E-state index contributed by atoms with van der Waals surface area (Å²) in [7, 11) is 0. The number of terminal acetylenes is 1. The zero-order chi connectivity index (χ0) is 11.3. The second-order valence-electron chi connectivity index (χ2n) is 3.27. The van der Waals surface area contributed by atoms with Crippen LogP contribution in [0.3, 0.4) is 0 Å². The molecule has 1 atom stereocenters. The first-order chi connectivity index (χ1) is 7.15. The summed E-state index contributed by atoms with van der Waals surface area (Å²) in [5.74, 6) is 3.33. The van der Waals surface area contributed by atoms with E-state index in [1.807, 2.05) is 25.1 Å². The van der Waals surface area contributed by atoms with Crippen LogP contribution in [0.25, 0.3) is 0 Å². The molecule has 15 heavy (non-hydrogen) atoms. The molecule has 0 fully saturated rings. The van der Waals surface area contributed by atoms with Crippen LogP contribution in [0.1, 0.15) is 24.9 Å². The van der Waals surface area contributed by atoms with Crippen molar-refractivity contribution in [2.45, 2.75) is 19.4 Å². The molecule has 0 aliphatic rings. The Balaban J connectivity index is 2.83. The fourth-order valence-corrected chi connectivity index (χ4v) is 1.57. The molecule has 0 heterocycles. The monoisotopic (exact) mass is 267 g/mol. The van der Waals surface area contributed by atoms with Gasteiger partial charge in [0.2, 0.25) is 0 Å². The molecule has 0 amide bonds. The zero-order valence-corrected chi connectivity index (χ0v) is 10.3. The van der Waals surface area contributed by atoms with E-state index in [0.717, 1.165) is 15.8 Å². The second-order valence-corrected chi connectivity index (χ2v) is 4.19. The maximum absolute atomic E-state index is 5.83. The van der Waals surface area contributed by atoms with E-state index in [4.69, 9.17) is 16.9 Å². The van der Waals surface area contributed by atoms with Crippen LogP contribution >= 0.6 is 15.9 Å². The van der Waals surface area contributed by atoms with E-state index in [0.29, 0.717) is 13.0 Å². The van der Waals surface area contributed by atoms with Crippen molar-refractivity contribution < 1.29 is 4.74 Å². The van der Waals surface area contributed by atoms with Crippen LogP contribution in [0.2, 0.25) is 0 Å². The molecule has 0 bridgehead atoms. The Morgan fingerprint density at radius 1 is 1.60 bits per heavy atom. The number of halogens is 1. The van der Waals surface area contributed by atoms with Gasteiger partial charge in [-0.25, -0.2) is 0 Å². The Kier molecular flexibility index (Phi) is 4.67. The van der Waals surface area contributed by atoms with Crippen LogP contribution in [0.4, 0.5) is 0 Å². The Bertz CT molecular complexity index is 368.